The molecule has 0 fully saturated rings. The van der Waals surface area contributed by atoms with Crippen molar-refractivity contribution in [3.63, 3.8) is 0 Å². The van der Waals surface area contributed by atoms with Crippen LogP contribution >= 0.6 is 11.3 Å². The minimum Gasteiger partial charge on any atom is -0.362 e. The van der Waals surface area contributed by atoms with Gasteiger partial charge in [-0.1, -0.05) is 26.0 Å². The molecule has 0 aliphatic rings. The molecule has 0 radical (unpaired) electrons. The third kappa shape index (κ3) is 3.81. The molecule has 0 unspecified atom stereocenters. The number of aromatic nitrogens is 1. The molecular formula is C15H19N3OS. The molecule has 106 valence electrons. The first-order valence-corrected chi connectivity index (χ1v) is 7.70. The topological polar surface area (TPSA) is 54.0 Å². The number of benzene rings is 1. The Kier molecular flexibility index (Phi) is 5.12. The summed E-state index contributed by atoms with van der Waals surface area (Å²) >= 11 is 1.61. The average molecular weight is 289 g/mol. The molecule has 0 aliphatic heterocycles. The predicted molar refractivity (Wildman–Crippen MR) is 85.3 cm³/mol. The lowest BCUT2D eigenvalue weighted by Gasteiger charge is -2.04. The number of hydrogen-bond donors (Lipinski definition) is 2. The van der Waals surface area contributed by atoms with Crippen LogP contribution in [0.3, 0.4) is 0 Å². The van der Waals surface area contributed by atoms with Crippen LogP contribution in [0.1, 0.15) is 26.7 Å². The largest absolute Gasteiger partial charge is 0.362 e. The minimum atomic E-state index is 0.0254. The zero-order valence-corrected chi connectivity index (χ0v) is 12.6. The summed E-state index contributed by atoms with van der Waals surface area (Å²) in [6.45, 7) is 4.91. The summed E-state index contributed by atoms with van der Waals surface area (Å²) in [5, 5.41) is 9.10. The van der Waals surface area contributed by atoms with Crippen molar-refractivity contribution < 1.29 is 4.79 Å². The molecule has 1 amide bonds. The van der Waals surface area contributed by atoms with Crippen LogP contribution in [0.15, 0.2) is 29.6 Å². The molecule has 1 heterocycles. The number of anilines is 2. The summed E-state index contributed by atoms with van der Waals surface area (Å²) < 4.78 is 0. The lowest BCUT2D eigenvalue weighted by atomic mass is 10.1. The van der Waals surface area contributed by atoms with Crippen molar-refractivity contribution in [1.29, 1.82) is 0 Å². The Labute approximate surface area is 123 Å². The molecule has 1 aromatic carbocycles. The Morgan fingerprint density at radius 1 is 1.25 bits per heavy atom. The highest BCUT2D eigenvalue weighted by atomic mass is 32.1. The first-order valence-electron chi connectivity index (χ1n) is 6.82. The van der Waals surface area contributed by atoms with E-state index in [4.69, 9.17) is 0 Å². The van der Waals surface area contributed by atoms with Crippen LogP contribution in [-0.2, 0) is 4.79 Å². The van der Waals surface area contributed by atoms with E-state index >= 15 is 0 Å². The SMILES string of the molecule is CCCNc1nc(-c2ccc(NC(=O)CC)cc2)cs1. The van der Waals surface area contributed by atoms with Gasteiger partial charge in [0.1, 0.15) is 0 Å². The summed E-state index contributed by atoms with van der Waals surface area (Å²) in [5.74, 6) is 0.0254. The van der Waals surface area contributed by atoms with Gasteiger partial charge in [-0.3, -0.25) is 4.79 Å². The zero-order valence-electron chi connectivity index (χ0n) is 11.8. The predicted octanol–water partition coefficient (Wildman–Crippen LogP) is 3.98. The Morgan fingerprint density at radius 2 is 2.00 bits per heavy atom. The number of nitrogens with one attached hydrogen (secondary N) is 2. The van der Waals surface area contributed by atoms with E-state index in [2.05, 4.69) is 22.5 Å². The van der Waals surface area contributed by atoms with Crippen LogP contribution in [0, 0.1) is 0 Å². The second kappa shape index (κ2) is 7.05. The number of nitrogens with zero attached hydrogens (tertiary/aromatic N) is 1. The summed E-state index contributed by atoms with van der Waals surface area (Å²) in [5.41, 5.74) is 2.84. The quantitative estimate of drug-likeness (QED) is 0.845. The average Bonchev–Trinajstić information content (AvgIpc) is 2.94. The normalized spacial score (nSPS) is 10.3. The molecular weight excluding hydrogens is 270 g/mol. The van der Waals surface area contributed by atoms with Crippen molar-refractivity contribution in [3.8, 4) is 11.3 Å². The van der Waals surface area contributed by atoms with Crippen molar-refractivity contribution in [3.05, 3.63) is 29.6 Å². The van der Waals surface area contributed by atoms with Gasteiger partial charge >= 0.3 is 0 Å². The van der Waals surface area contributed by atoms with E-state index in [9.17, 15) is 4.79 Å². The maximum Gasteiger partial charge on any atom is 0.224 e. The van der Waals surface area contributed by atoms with Gasteiger partial charge in [-0.25, -0.2) is 4.98 Å². The summed E-state index contributed by atoms with van der Waals surface area (Å²) in [4.78, 5) is 15.9. The van der Waals surface area contributed by atoms with Crippen LogP contribution in [0.5, 0.6) is 0 Å². The lowest BCUT2D eigenvalue weighted by Crippen LogP contribution is -2.08. The maximum absolute atomic E-state index is 11.3. The molecule has 0 atom stereocenters. The van der Waals surface area contributed by atoms with Crippen LogP contribution in [-0.4, -0.2) is 17.4 Å². The number of hydrogen-bond acceptors (Lipinski definition) is 4. The molecule has 0 saturated heterocycles. The number of amides is 1. The molecule has 2 aromatic rings. The van der Waals surface area contributed by atoms with Crippen LogP contribution in [0.2, 0.25) is 0 Å². The molecule has 5 heteroatoms. The molecule has 20 heavy (non-hydrogen) atoms. The van der Waals surface area contributed by atoms with Gasteiger partial charge in [-0.2, -0.15) is 0 Å². The summed E-state index contributed by atoms with van der Waals surface area (Å²) in [7, 11) is 0. The van der Waals surface area contributed by atoms with Gasteiger partial charge in [0.2, 0.25) is 5.91 Å². The van der Waals surface area contributed by atoms with E-state index in [-0.39, 0.29) is 5.91 Å². The first kappa shape index (κ1) is 14.5. The zero-order chi connectivity index (χ0) is 14.4. The third-order valence-corrected chi connectivity index (χ3v) is 3.62. The number of carbonyl (C=O) groups excluding carboxylic acids is 1. The Morgan fingerprint density at radius 3 is 2.65 bits per heavy atom. The smallest absolute Gasteiger partial charge is 0.224 e. The Bertz CT molecular complexity index is 563. The third-order valence-electron chi connectivity index (χ3n) is 2.82. The van der Waals surface area contributed by atoms with Crippen LogP contribution in [0.25, 0.3) is 11.3 Å². The molecule has 2 rings (SSSR count). The standard InChI is InChI=1S/C15H19N3OS/c1-3-9-16-15-18-13(10-20-15)11-5-7-12(8-6-11)17-14(19)4-2/h5-8,10H,3-4,9H2,1-2H3,(H,16,18)(H,17,19). The summed E-state index contributed by atoms with van der Waals surface area (Å²) in [6, 6.07) is 7.76. The monoisotopic (exact) mass is 289 g/mol. The van der Waals surface area contributed by atoms with E-state index in [1.807, 2.05) is 36.6 Å². The van der Waals surface area contributed by atoms with E-state index in [1.165, 1.54) is 0 Å². The fourth-order valence-corrected chi connectivity index (χ4v) is 2.44. The first-order chi connectivity index (χ1) is 9.72. The highest BCUT2D eigenvalue weighted by molar-refractivity contribution is 7.14. The van der Waals surface area contributed by atoms with Crippen LogP contribution in [0.4, 0.5) is 10.8 Å². The molecule has 1 aromatic heterocycles. The van der Waals surface area contributed by atoms with Gasteiger partial charge in [-0.15, -0.1) is 11.3 Å². The molecule has 0 bridgehead atoms. The molecule has 0 aliphatic carbocycles. The van der Waals surface area contributed by atoms with E-state index in [0.717, 1.165) is 35.0 Å². The maximum atomic E-state index is 11.3. The van der Waals surface area contributed by atoms with Crippen molar-refractivity contribution in [2.45, 2.75) is 26.7 Å². The van der Waals surface area contributed by atoms with Gasteiger partial charge in [0.25, 0.3) is 0 Å². The Hall–Kier alpha value is -1.88. The van der Waals surface area contributed by atoms with Gasteiger partial charge < -0.3 is 10.6 Å². The second-order valence-electron chi connectivity index (χ2n) is 4.44. The second-order valence-corrected chi connectivity index (χ2v) is 5.30. The lowest BCUT2D eigenvalue weighted by molar-refractivity contribution is -0.115. The van der Waals surface area contributed by atoms with Crippen molar-refractivity contribution in [2.75, 3.05) is 17.2 Å². The number of rotatable bonds is 6. The van der Waals surface area contributed by atoms with E-state index in [1.54, 1.807) is 11.3 Å². The van der Waals surface area contributed by atoms with Crippen LogP contribution < -0.4 is 10.6 Å². The van der Waals surface area contributed by atoms with Crippen molar-refractivity contribution >= 4 is 28.1 Å². The molecule has 2 N–H and O–H groups in total. The summed E-state index contributed by atoms with van der Waals surface area (Å²) in [6.07, 6.45) is 1.57. The number of carbonyl (C=O) groups is 1. The van der Waals surface area contributed by atoms with Crippen molar-refractivity contribution in [2.24, 2.45) is 0 Å². The molecule has 0 saturated carbocycles. The Balaban J connectivity index is 2.05. The molecule has 4 nitrogen and oxygen atoms in total. The van der Waals surface area contributed by atoms with E-state index in [0.29, 0.717) is 6.42 Å². The van der Waals surface area contributed by atoms with Gasteiger partial charge in [0.05, 0.1) is 5.69 Å². The fraction of sp³-hybridized carbons (Fsp3) is 0.333. The highest BCUT2D eigenvalue weighted by Gasteiger charge is 2.05. The fourth-order valence-electron chi connectivity index (χ4n) is 1.69. The van der Waals surface area contributed by atoms with Gasteiger partial charge in [0.15, 0.2) is 5.13 Å². The van der Waals surface area contributed by atoms with E-state index < -0.39 is 0 Å². The van der Waals surface area contributed by atoms with Crippen molar-refractivity contribution in [1.82, 2.24) is 4.98 Å². The number of thiazole rings is 1. The van der Waals surface area contributed by atoms with Gasteiger partial charge in [0, 0.05) is 29.6 Å². The molecule has 0 spiro atoms. The highest BCUT2D eigenvalue weighted by Crippen LogP contribution is 2.25. The van der Waals surface area contributed by atoms with Gasteiger partial charge in [-0.05, 0) is 18.6 Å². The minimum absolute atomic E-state index is 0.0254.